The molecule has 0 atom stereocenters. The van der Waals surface area contributed by atoms with Gasteiger partial charge >= 0.3 is 5.97 Å². The SMILES string of the molecule is CC=COC(=O)/C=C/c1ccccc1. The zero-order chi connectivity index (χ0) is 10.2. The van der Waals surface area contributed by atoms with Gasteiger partial charge in [0.1, 0.15) is 0 Å². The molecule has 0 N–H and O–H groups in total. The van der Waals surface area contributed by atoms with Crippen LogP contribution in [-0.2, 0) is 9.53 Å². The first-order valence-electron chi connectivity index (χ1n) is 4.38. The van der Waals surface area contributed by atoms with E-state index >= 15 is 0 Å². The Morgan fingerprint density at radius 3 is 2.64 bits per heavy atom. The van der Waals surface area contributed by atoms with Gasteiger partial charge in [-0.1, -0.05) is 36.4 Å². The second-order valence-electron chi connectivity index (χ2n) is 2.65. The summed E-state index contributed by atoms with van der Waals surface area (Å²) in [7, 11) is 0. The minimum absolute atomic E-state index is 0.369. The highest BCUT2D eigenvalue weighted by molar-refractivity contribution is 5.87. The van der Waals surface area contributed by atoms with Crippen LogP contribution < -0.4 is 0 Å². The van der Waals surface area contributed by atoms with Crippen molar-refractivity contribution in [2.45, 2.75) is 6.92 Å². The summed E-state index contributed by atoms with van der Waals surface area (Å²) >= 11 is 0. The zero-order valence-electron chi connectivity index (χ0n) is 8.01. The molecule has 0 heterocycles. The Kier molecular flexibility index (Phi) is 4.21. The number of hydrogen-bond donors (Lipinski definition) is 0. The summed E-state index contributed by atoms with van der Waals surface area (Å²) in [6, 6.07) is 9.59. The maximum Gasteiger partial charge on any atom is 0.335 e. The Hall–Kier alpha value is -1.83. The Labute approximate surface area is 83.5 Å². The topological polar surface area (TPSA) is 26.3 Å². The number of hydrogen-bond acceptors (Lipinski definition) is 2. The molecule has 0 saturated carbocycles. The molecule has 72 valence electrons. The lowest BCUT2D eigenvalue weighted by Gasteiger charge is -1.92. The van der Waals surface area contributed by atoms with E-state index in [2.05, 4.69) is 0 Å². The van der Waals surface area contributed by atoms with Gasteiger partial charge in [0, 0.05) is 6.08 Å². The van der Waals surface area contributed by atoms with Crippen LogP contribution in [-0.4, -0.2) is 5.97 Å². The molecule has 0 aromatic heterocycles. The minimum Gasteiger partial charge on any atom is -0.432 e. The fourth-order valence-corrected chi connectivity index (χ4v) is 0.903. The van der Waals surface area contributed by atoms with Crippen molar-refractivity contribution < 1.29 is 9.53 Å². The van der Waals surface area contributed by atoms with E-state index in [0.717, 1.165) is 5.56 Å². The lowest BCUT2D eigenvalue weighted by molar-refractivity contribution is -0.132. The molecule has 0 radical (unpaired) electrons. The van der Waals surface area contributed by atoms with E-state index in [1.165, 1.54) is 12.3 Å². The summed E-state index contributed by atoms with van der Waals surface area (Å²) < 4.78 is 4.71. The third kappa shape index (κ3) is 3.72. The highest BCUT2D eigenvalue weighted by Crippen LogP contribution is 2.00. The molecule has 1 aromatic carbocycles. The van der Waals surface area contributed by atoms with Crippen molar-refractivity contribution in [3.05, 3.63) is 54.3 Å². The molecule has 0 aliphatic rings. The summed E-state index contributed by atoms with van der Waals surface area (Å²) in [5.74, 6) is -0.369. The first-order valence-corrected chi connectivity index (χ1v) is 4.38. The van der Waals surface area contributed by atoms with Crippen LogP contribution in [0.25, 0.3) is 6.08 Å². The number of carbonyl (C=O) groups excluding carboxylic acids is 1. The number of carbonyl (C=O) groups is 1. The highest BCUT2D eigenvalue weighted by Gasteiger charge is 1.91. The van der Waals surface area contributed by atoms with Crippen molar-refractivity contribution >= 4 is 12.0 Å². The molecule has 14 heavy (non-hydrogen) atoms. The molecule has 2 heteroatoms. The van der Waals surface area contributed by atoms with Crippen molar-refractivity contribution in [2.75, 3.05) is 0 Å². The molecule has 0 amide bonds. The number of ether oxygens (including phenoxy) is 1. The molecule has 0 spiro atoms. The maximum atomic E-state index is 11.0. The van der Waals surface area contributed by atoms with Crippen LogP contribution in [0, 0.1) is 0 Å². The third-order valence-electron chi connectivity index (χ3n) is 1.53. The van der Waals surface area contributed by atoms with Crippen molar-refractivity contribution in [2.24, 2.45) is 0 Å². The summed E-state index contributed by atoms with van der Waals surface area (Å²) in [6.07, 6.45) is 6.13. The van der Waals surface area contributed by atoms with Crippen molar-refractivity contribution in [3.63, 3.8) is 0 Å². The van der Waals surface area contributed by atoms with E-state index in [0.29, 0.717) is 0 Å². The standard InChI is InChI=1S/C12H12O2/c1-2-10-14-12(13)9-8-11-6-4-3-5-7-11/h2-10H,1H3/b9-8+,10-2?. The van der Waals surface area contributed by atoms with Gasteiger partial charge in [-0.05, 0) is 18.6 Å². The van der Waals surface area contributed by atoms with Gasteiger partial charge in [0.25, 0.3) is 0 Å². The molecule has 0 saturated heterocycles. The van der Waals surface area contributed by atoms with Gasteiger partial charge in [0.2, 0.25) is 0 Å². The van der Waals surface area contributed by atoms with E-state index in [1.807, 2.05) is 30.3 Å². The first-order chi connectivity index (χ1) is 6.83. The smallest absolute Gasteiger partial charge is 0.335 e. The molecule has 0 fully saturated rings. The summed E-state index contributed by atoms with van der Waals surface area (Å²) in [5.41, 5.74) is 0.977. The molecule has 0 bridgehead atoms. The summed E-state index contributed by atoms with van der Waals surface area (Å²) in [5, 5.41) is 0. The lowest BCUT2D eigenvalue weighted by atomic mass is 10.2. The van der Waals surface area contributed by atoms with Gasteiger partial charge < -0.3 is 4.74 Å². The molecule has 0 aliphatic heterocycles. The van der Waals surface area contributed by atoms with Crippen LogP contribution in [0.3, 0.4) is 0 Å². The Morgan fingerprint density at radius 1 is 1.29 bits per heavy atom. The molecule has 1 aromatic rings. The fourth-order valence-electron chi connectivity index (χ4n) is 0.903. The van der Waals surface area contributed by atoms with Crippen molar-refractivity contribution in [1.29, 1.82) is 0 Å². The van der Waals surface area contributed by atoms with Gasteiger partial charge in [0.15, 0.2) is 0 Å². The van der Waals surface area contributed by atoms with Crippen LogP contribution in [0.4, 0.5) is 0 Å². The first kappa shape index (κ1) is 10.3. The average Bonchev–Trinajstić information content (AvgIpc) is 2.25. The van der Waals surface area contributed by atoms with E-state index in [1.54, 1.807) is 19.1 Å². The fraction of sp³-hybridized carbons (Fsp3) is 0.0833. The molecule has 1 rings (SSSR count). The quantitative estimate of drug-likeness (QED) is 0.414. The van der Waals surface area contributed by atoms with Crippen LogP contribution in [0.1, 0.15) is 12.5 Å². The van der Waals surface area contributed by atoms with E-state index in [-0.39, 0.29) is 5.97 Å². The molecule has 0 aliphatic carbocycles. The molecule has 2 nitrogen and oxygen atoms in total. The predicted molar refractivity (Wildman–Crippen MR) is 56.4 cm³/mol. The van der Waals surface area contributed by atoms with Crippen molar-refractivity contribution in [3.8, 4) is 0 Å². The number of benzene rings is 1. The van der Waals surface area contributed by atoms with E-state index in [4.69, 9.17) is 4.74 Å². The molecule has 0 unspecified atom stereocenters. The molecular weight excluding hydrogens is 176 g/mol. The third-order valence-corrected chi connectivity index (χ3v) is 1.53. The monoisotopic (exact) mass is 188 g/mol. The zero-order valence-corrected chi connectivity index (χ0v) is 8.01. The minimum atomic E-state index is -0.369. The molecular formula is C12H12O2. The predicted octanol–water partition coefficient (Wildman–Crippen LogP) is 2.78. The summed E-state index contributed by atoms with van der Waals surface area (Å²) in [6.45, 7) is 1.79. The van der Waals surface area contributed by atoms with Gasteiger partial charge in [-0.2, -0.15) is 0 Å². The lowest BCUT2D eigenvalue weighted by Crippen LogP contribution is -1.92. The summed E-state index contributed by atoms with van der Waals surface area (Å²) in [4.78, 5) is 11.0. The largest absolute Gasteiger partial charge is 0.432 e. The van der Waals surface area contributed by atoms with Gasteiger partial charge in [-0.3, -0.25) is 0 Å². The Bertz CT molecular complexity index is 337. The number of esters is 1. The van der Waals surface area contributed by atoms with Crippen LogP contribution >= 0.6 is 0 Å². The van der Waals surface area contributed by atoms with Crippen molar-refractivity contribution in [1.82, 2.24) is 0 Å². The van der Waals surface area contributed by atoms with Gasteiger partial charge in [-0.25, -0.2) is 4.79 Å². The number of rotatable bonds is 3. The van der Waals surface area contributed by atoms with Crippen LogP contribution in [0.5, 0.6) is 0 Å². The Balaban J connectivity index is 2.52. The number of allylic oxidation sites excluding steroid dienone is 1. The van der Waals surface area contributed by atoms with Gasteiger partial charge in [-0.15, -0.1) is 0 Å². The van der Waals surface area contributed by atoms with Crippen LogP contribution in [0.2, 0.25) is 0 Å². The van der Waals surface area contributed by atoms with Crippen LogP contribution in [0.15, 0.2) is 48.7 Å². The maximum absolute atomic E-state index is 11.0. The van der Waals surface area contributed by atoms with E-state index in [9.17, 15) is 4.79 Å². The second-order valence-corrected chi connectivity index (χ2v) is 2.65. The average molecular weight is 188 g/mol. The van der Waals surface area contributed by atoms with E-state index < -0.39 is 0 Å². The normalized spacial score (nSPS) is 10.9. The highest BCUT2D eigenvalue weighted by atomic mass is 16.5. The van der Waals surface area contributed by atoms with Gasteiger partial charge in [0.05, 0.1) is 6.26 Å². The second kappa shape index (κ2) is 5.75. The Morgan fingerprint density at radius 2 is 2.00 bits per heavy atom.